The molecule has 2 atom stereocenters. The molecular formula is C27H28ClN5O2. The number of aromatic nitrogens is 3. The Balaban J connectivity index is 1.13. The van der Waals surface area contributed by atoms with Gasteiger partial charge in [-0.3, -0.25) is 4.90 Å². The Labute approximate surface area is 209 Å². The molecule has 35 heavy (non-hydrogen) atoms. The van der Waals surface area contributed by atoms with Crippen LogP contribution in [0.3, 0.4) is 0 Å². The highest BCUT2D eigenvalue weighted by Crippen LogP contribution is 2.44. The Morgan fingerprint density at radius 2 is 1.86 bits per heavy atom. The van der Waals surface area contributed by atoms with Crippen molar-refractivity contribution in [3.05, 3.63) is 76.4 Å². The monoisotopic (exact) mass is 489 g/mol. The highest BCUT2D eigenvalue weighted by atomic mass is 35.5. The van der Waals surface area contributed by atoms with Crippen molar-refractivity contribution in [3.63, 3.8) is 0 Å². The number of pyridine rings is 1. The van der Waals surface area contributed by atoms with Gasteiger partial charge in [0.2, 0.25) is 0 Å². The molecule has 0 spiro atoms. The highest BCUT2D eigenvalue weighted by Gasteiger charge is 2.57. The van der Waals surface area contributed by atoms with Gasteiger partial charge in [-0.1, -0.05) is 35.4 Å². The molecule has 2 unspecified atom stereocenters. The third-order valence-electron chi connectivity index (χ3n) is 7.20. The molecule has 0 saturated carbocycles. The largest absolute Gasteiger partial charge is 0.384 e. The number of rotatable bonds is 5. The lowest BCUT2D eigenvalue weighted by molar-refractivity contribution is -0.0373. The lowest BCUT2D eigenvalue weighted by Gasteiger charge is -2.40. The molecule has 2 aliphatic rings. The van der Waals surface area contributed by atoms with E-state index in [2.05, 4.69) is 44.9 Å². The molecule has 0 bridgehead atoms. The summed E-state index contributed by atoms with van der Waals surface area (Å²) >= 11 is 6.09. The summed E-state index contributed by atoms with van der Waals surface area (Å²) in [7, 11) is 0. The van der Waals surface area contributed by atoms with Crippen LogP contribution in [0, 0.1) is 13.8 Å². The standard InChI is InChI=1S/C27H28ClN5O2/c1-17-3-4-18(2)21(13-17)25(34)27(16-35-27)33-11-9-32(10-12-33)24-8-5-19(15-29-24)26-30-22-7-6-20(28)14-23(22)31-26/h3-8,13-15,25,34H,9-12,16H2,1-2H3,(H,30,31). The summed E-state index contributed by atoms with van der Waals surface area (Å²) < 4.78 is 5.91. The van der Waals surface area contributed by atoms with Crippen molar-refractivity contribution < 1.29 is 9.84 Å². The number of aliphatic hydroxyl groups excluding tert-OH is 1. The second-order valence-electron chi connectivity index (χ2n) is 9.52. The number of ether oxygens (including phenoxy) is 1. The van der Waals surface area contributed by atoms with E-state index in [0.29, 0.717) is 11.6 Å². The Morgan fingerprint density at radius 3 is 2.57 bits per heavy atom. The van der Waals surface area contributed by atoms with Gasteiger partial charge in [0.25, 0.3) is 0 Å². The predicted molar refractivity (Wildman–Crippen MR) is 138 cm³/mol. The van der Waals surface area contributed by atoms with Crippen molar-refractivity contribution in [1.82, 2.24) is 19.9 Å². The molecule has 0 aliphatic carbocycles. The van der Waals surface area contributed by atoms with Crippen LogP contribution in [0.15, 0.2) is 54.7 Å². The van der Waals surface area contributed by atoms with E-state index in [9.17, 15) is 5.11 Å². The number of aromatic amines is 1. The molecular weight excluding hydrogens is 462 g/mol. The molecule has 4 heterocycles. The number of anilines is 1. The number of imidazole rings is 1. The quantitative estimate of drug-likeness (QED) is 0.402. The number of nitrogens with zero attached hydrogens (tertiary/aromatic N) is 4. The first kappa shape index (κ1) is 22.5. The first-order valence-electron chi connectivity index (χ1n) is 11.9. The zero-order valence-corrected chi connectivity index (χ0v) is 20.6. The van der Waals surface area contributed by atoms with Gasteiger partial charge in [-0.2, -0.15) is 0 Å². The fraction of sp³-hybridized carbons (Fsp3) is 0.333. The fourth-order valence-electron chi connectivity index (χ4n) is 5.03. The summed E-state index contributed by atoms with van der Waals surface area (Å²) in [6.07, 6.45) is 1.20. The first-order valence-corrected chi connectivity index (χ1v) is 12.3. The highest BCUT2D eigenvalue weighted by molar-refractivity contribution is 6.31. The van der Waals surface area contributed by atoms with Crippen LogP contribution in [0.1, 0.15) is 22.8 Å². The fourth-order valence-corrected chi connectivity index (χ4v) is 5.20. The van der Waals surface area contributed by atoms with Gasteiger partial charge in [-0.05, 0) is 55.3 Å². The van der Waals surface area contributed by atoms with E-state index in [1.807, 2.05) is 43.5 Å². The molecule has 0 radical (unpaired) electrons. The van der Waals surface area contributed by atoms with Crippen molar-refractivity contribution in [3.8, 4) is 11.4 Å². The Bertz CT molecular complexity index is 1370. The number of fused-ring (bicyclic) bond motifs is 1. The zero-order valence-electron chi connectivity index (χ0n) is 19.8. The maximum Gasteiger partial charge on any atom is 0.175 e. The molecule has 8 heteroatoms. The van der Waals surface area contributed by atoms with Crippen molar-refractivity contribution >= 4 is 28.5 Å². The van der Waals surface area contributed by atoms with E-state index in [1.54, 1.807) is 0 Å². The van der Waals surface area contributed by atoms with Crippen LogP contribution in [-0.4, -0.2) is 63.5 Å². The van der Waals surface area contributed by atoms with Crippen molar-refractivity contribution in [2.75, 3.05) is 37.7 Å². The number of piperazine rings is 1. The molecule has 6 rings (SSSR count). The molecule has 2 N–H and O–H groups in total. The van der Waals surface area contributed by atoms with Gasteiger partial charge < -0.3 is 19.7 Å². The summed E-state index contributed by atoms with van der Waals surface area (Å²) in [4.78, 5) is 17.2. The molecule has 2 aromatic heterocycles. The SMILES string of the molecule is Cc1ccc(C)c(C(O)C2(N3CCN(c4ccc(-c5nc6ccc(Cl)cc6[nH]5)cn4)CC3)CO2)c1. The molecule has 2 saturated heterocycles. The second kappa shape index (κ2) is 8.60. The smallest absolute Gasteiger partial charge is 0.175 e. The van der Waals surface area contributed by atoms with E-state index in [0.717, 1.165) is 71.1 Å². The van der Waals surface area contributed by atoms with Gasteiger partial charge in [-0.15, -0.1) is 0 Å². The number of aliphatic hydroxyl groups is 1. The van der Waals surface area contributed by atoms with Gasteiger partial charge in [0.05, 0.1) is 17.6 Å². The maximum atomic E-state index is 11.2. The van der Waals surface area contributed by atoms with E-state index in [1.165, 1.54) is 0 Å². The third kappa shape index (κ3) is 4.08. The van der Waals surface area contributed by atoms with Gasteiger partial charge in [0.1, 0.15) is 17.7 Å². The normalized spacial score (nSPS) is 21.4. The van der Waals surface area contributed by atoms with E-state index >= 15 is 0 Å². The Morgan fingerprint density at radius 1 is 1.06 bits per heavy atom. The van der Waals surface area contributed by atoms with Gasteiger partial charge in [0, 0.05) is 43.0 Å². The number of benzene rings is 2. The summed E-state index contributed by atoms with van der Waals surface area (Å²) in [6.45, 7) is 7.89. The van der Waals surface area contributed by atoms with Crippen molar-refractivity contribution in [1.29, 1.82) is 0 Å². The zero-order chi connectivity index (χ0) is 24.2. The summed E-state index contributed by atoms with van der Waals surface area (Å²) in [6, 6.07) is 15.9. The van der Waals surface area contributed by atoms with Gasteiger partial charge in [-0.25, -0.2) is 9.97 Å². The van der Waals surface area contributed by atoms with Crippen LogP contribution in [0.25, 0.3) is 22.4 Å². The summed E-state index contributed by atoms with van der Waals surface area (Å²) in [5.74, 6) is 1.72. The number of aryl methyl sites for hydroxylation is 2. The number of hydrogen-bond donors (Lipinski definition) is 2. The second-order valence-corrected chi connectivity index (χ2v) is 9.96. The molecule has 2 fully saturated rings. The van der Waals surface area contributed by atoms with E-state index < -0.39 is 11.8 Å². The van der Waals surface area contributed by atoms with Crippen LogP contribution in [-0.2, 0) is 4.74 Å². The minimum absolute atomic E-state index is 0.553. The molecule has 0 amide bonds. The van der Waals surface area contributed by atoms with Gasteiger partial charge >= 0.3 is 0 Å². The summed E-state index contributed by atoms with van der Waals surface area (Å²) in [5.41, 5.74) is 5.29. The summed E-state index contributed by atoms with van der Waals surface area (Å²) in [5, 5.41) is 11.9. The topological polar surface area (TPSA) is 80.8 Å². The number of epoxide rings is 1. The molecule has 4 aromatic rings. The maximum absolute atomic E-state index is 11.2. The number of halogens is 1. The Kier molecular flexibility index (Phi) is 5.53. The first-order chi connectivity index (χ1) is 16.9. The lowest BCUT2D eigenvalue weighted by Crippen LogP contribution is -2.54. The average Bonchev–Trinajstić information content (AvgIpc) is 3.58. The van der Waals surface area contributed by atoms with Crippen LogP contribution >= 0.6 is 11.6 Å². The van der Waals surface area contributed by atoms with Crippen LogP contribution in [0.5, 0.6) is 0 Å². The van der Waals surface area contributed by atoms with Crippen LogP contribution < -0.4 is 4.90 Å². The van der Waals surface area contributed by atoms with Crippen molar-refractivity contribution in [2.45, 2.75) is 25.7 Å². The number of nitrogens with one attached hydrogen (secondary N) is 1. The van der Waals surface area contributed by atoms with E-state index in [4.69, 9.17) is 21.3 Å². The average molecular weight is 490 g/mol. The van der Waals surface area contributed by atoms with Crippen LogP contribution in [0.2, 0.25) is 5.02 Å². The predicted octanol–water partition coefficient (Wildman–Crippen LogP) is 4.48. The van der Waals surface area contributed by atoms with Crippen molar-refractivity contribution in [2.24, 2.45) is 0 Å². The van der Waals surface area contributed by atoms with Crippen LogP contribution in [0.4, 0.5) is 5.82 Å². The molecule has 180 valence electrons. The van der Waals surface area contributed by atoms with Gasteiger partial charge in [0.15, 0.2) is 5.72 Å². The lowest BCUT2D eigenvalue weighted by atomic mass is 9.95. The Hall–Kier alpha value is -2.97. The molecule has 7 nitrogen and oxygen atoms in total. The number of hydrogen-bond acceptors (Lipinski definition) is 6. The third-order valence-corrected chi connectivity index (χ3v) is 7.44. The molecule has 2 aromatic carbocycles. The minimum Gasteiger partial charge on any atom is -0.384 e. The number of H-pyrrole nitrogens is 1. The molecule has 2 aliphatic heterocycles. The van der Waals surface area contributed by atoms with E-state index in [-0.39, 0.29) is 0 Å². The minimum atomic E-state index is -0.662.